The van der Waals surface area contributed by atoms with Crippen molar-refractivity contribution in [2.75, 3.05) is 33.8 Å². The summed E-state index contributed by atoms with van der Waals surface area (Å²) in [6.45, 7) is 11.5. The Bertz CT molecular complexity index is 1840. The highest BCUT2D eigenvalue weighted by Gasteiger charge is 2.70. The van der Waals surface area contributed by atoms with E-state index in [-0.39, 0.29) is 61.0 Å². The first-order valence-electron chi connectivity index (χ1n) is 19.6. The zero-order valence-electron chi connectivity index (χ0n) is 33.7. The van der Waals surface area contributed by atoms with Gasteiger partial charge in [-0.25, -0.2) is 4.79 Å². The van der Waals surface area contributed by atoms with Gasteiger partial charge in [0.1, 0.15) is 18.1 Å². The van der Waals surface area contributed by atoms with Crippen molar-refractivity contribution >= 4 is 41.4 Å². The van der Waals surface area contributed by atoms with Gasteiger partial charge in [0.05, 0.1) is 19.2 Å². The molecular weight excluding hydrogens is 729 g/mol. The minimum atomic E-state index is -1.28. The van der Waals surface area contributed by atoms with E-state index in [1.165, 1.54) is 9.80 Å². The topological polar surface area (TPSA) is 183 Å². The number of hydrogen-bond acceptors (Lipinski definition) is 8. The van der Waals surface area contributed by atoms with Crippen molar-refractivity contribution in [3.05, 3.63) is 83.9 Å². The number of carbonyl (C=O) groups is 7. The van der Waals surface area contributed by atoms with Crippen LogP contribution in [0.1, 0.15) is 63.3 Å². The fraction of sp³-hybridized carbons (Fsp3) is 0.512. The third-order valence-electron chi connectivity index (χ3n) is 11.5. The SMILES string of the molecule is C=CCCC(NC(=O)[C@@H]1C2C(CN1C(=O)[C@@H](NC(=O)OCC(C)C)C1Cc3ccccc3C1)C2(C)C)C(=O)C(=O)NCC(=O)NC(C(=O)N(C)C)c1ccccc1. The van der Waals surface area contributed by atoms with Gasteiger partial charge < -0.3 is 35.8 Å². The number of ketones is 1. The molecule has 306 valence electrons. The number of Topliss-reactive ketones (excluding diaryl/α,β-unsaturated/α-hetero) is 1. The summed E-state index contributed by atoms with van der Waals surface area (Å²) in [5.41, 5.74) is 2.46. The first-order chi connectivity index (χ1) is 27.0. The number of fused-ring (bicyclic) bond motifs is 2. The lowest BCUT2D eigenvalue weighted by molar-refractivity contribution is -0.144. The van der Waals surface area contributed by atoms with E-state index in [0.717, 1.165) is 11.1 Å². The van der Waals surface area contributed by atoms with Crippen LogP contribution < -0.4 is 21.3 Å². The second-order valence-electron chi connectivity index (χ2n) is 16.6. The van der Waals surface area contributed by atoms with Crippen molar-refractivity contribution in [2.45, 2.75) is 77.5 Å². The van der Waals surface area contributed by atoms with Crippen molar-refractivity contribution in [1.82, 2.24) is 31.1 Å². The lowest BCUT2D eigenvalue weighted by atomic mass is 9.93. The molecular formula is C43H56N6O8. The van der Waals surface area contributed by atoms with E-state index in [0.29, 0.717) is 18.4 Å². The smallest absolute Gasteiger partial charge is 0.407 e. The van der Waals surface area contributed by atoms with E-state index < -0.39 is 66.2 Å². The summed E-state index contributed by atoms with van der Waals surface area (Å²) in [6, 6.07) is 12.3. The number of alkyl carbamates (subject to hydrolysis) is 1. The normalized spacial score (nSPS) is 20.5. The number of hydrogen-bond donors (Lipinski definition) is 4. The Morgan fingerprint density at radius 1 is 0.930 bits per heavy atom. The highest BCUT2D eigenvalue weighted by molar-refractivity contribution is 6.38. The summed E-state index contributed by atoms with van der Waals surface area (Å²) < 4.78 is 5.43. The number of carbonyl (C=O) groups excluding carboxylic acids is 7. The van der Waals surface area contributed by atoms with Crippen LogP contribution in [0.4, 0.5) is 4.79 Å². The molecule has 14 heteroatoms. The molecule has 14 nitrogen and oxygen atoms in total. The standard InChI is InChI=1S/C43H56N6O8/c1-8-9-19-31(37(51)39(53)44-22-32(50)46-34(40(54)48(6)7)26-15-11-10-12-16-26)45-38(52)36-33-30(43(33,4)5)23-49(36)41(55)35(47-42(56)57-24-25(2)3)29-20-27-17-13-14-18-28(27)21-29/h8,10-18,25,29-31,33-36H,1,9,19-24H2,2-7H3,(H,44,53)(H,45,52)(H,46,50)(H,47,56)/t30?,31?,33?,34?,35-,36-/m0/s1. The van der Waals surface area contributed by atoms with E-state index in [4.69, 9.17) is 4.74 Å². The number of likely N-dealkylation sites (N-methyl/N-ethyl adjacent to an activating group) is 1. The molecule has 2 aromatic rings. The third-order valence-corrected chi connectivity index (χ3v) is 11.5. The van der Waals surface area contributed by atoms with Crippen LogP contribution in [0.5, 0.6) is 0 Å². The molecule has 0 spiro atoms. The monoisotopic (exact) mass is 784 g/mol. The maximum atomic E-state index is 14.6. The summed E-state index contributed by atoms with van der Waals surface area (Å²) in [5, 5.41) is 10.6. The molecule has 6 amide bonds. The Morgan fingerprint density at radius 2 is 1.56 bits per heavy atom. The molecule has 6 atom stereocenters. The summed E-state index contributed by atoms with van der Waals surface area (Å²) in [6.07, 6.45) is 2.30. The van der Waals surface area contributed by atoms with Gasteiger partial charge in [0.15, 0.2) is 0 Å². The average molecular weight is 785 g/mol. The summed E-state index contributed by atoms with van der Waals surface area (Å²) in [5.74, 6) is -4.54. The van der Waals surface area contributed by atoms with Crippen LogP contribution in [0.15, 0.2) is 67.3 Å². The lowest BCUT2D eigenvalue weighted by Gasteiger charge is -2.35. The number of nitrogens with one attached hydrogen (secondary N) is 4. The Balaban J connectivity index is 1.29. The van der Waals surface area contributed by atoms with Gasteiger partial charge in [-0.15, -0.1) is 6.58 Å². The van der Waals surface area contributed by atoms with Crippen molar-refractivity contribution in [3.8, 4) is 0 Å². The zero-order valence-corrected chi connectivity index (χ0v) is 33.7. The van der Waals surface area contributed by atoms with Gasteiger partial charge in [-0.1, -0.05) is 88.4 Å². The molecule has 1 saturated heterocycles. The number of benzene rings is 2. The minimum Gasteiger partial charge on any atom is -0.449 e. The molecule has 57 heavy (non-hydrogen) atoms. The van der Waals surface area contributed by atoms with Crippen LogP contribution in [0.25, 0.3) is 0 Å². The van der Waals surface area contributed by atoms with Crippen LogP contribution >= 0.6 is 0 Å². The third kappa shape index (κ3) is 9.89. The number of rotatable bonds is 17. The predicted molar refractivity (Wildman–Crippen MR) is 212 cm³/mol. The number of nitrogens with zero attached hydrogens (tertiary/aromatic N) is 2. The number of ether oxygens (including phenoxy) is 1. The molecule has 1 saturated carbocycles. The highest BCUT2D eigenvalue weighted by atomic mass is 16.5. The maximum Gasteiger partial charge on any atom is 0.407 e. The molecule has 0 aromatic heterocycles. The molecule has 3 aliphatic rings. The molecule has 5 rings (SSSR count). The second kappa shape index (κ2) is 18.2. The molecule has 2 fully saturated rings. The molecule has 2 aliphatic carbocycles. The van der Waals surface area contributed by atoms with Gasteiger partial charge in [-0.2, -0.15) is 0 Å². The van der Waals surface area contributed by atoms with Crippen molar-refractivity contribution in [2.24, 2.45) is 29.1 Å². The van der Waals surface area contributed by atoms with Crippen LogP contribution in [-0.4, -0.2) is 103 Å². The number of allylic oxidation sites excluding steroid dienone is 1. The molecule has 0 radical (unpaired) electrons. The van der Waals surface area contributed by atoms with E-state index >= 15 is 0 Å². The van der Waals surface area contributed by atoms with Gasteiger partial charge in [-0.05, 0) is 71.5 Å². The highest BCUT2D eigenvalue weighted by Crippen LogP contribution is 2.65. The maximum absolute atomic E-state index is 14.6. The molecule has 4 unspecified atom stereocenters. The fourth-order valence-corrected chi connectivity index (χ4v) is 8.23. The lowest BCUT2D eigenvalue weighted by Crippen LogP contribution is -2.59. The van der Waals surface area contributed by atoms with Gasteiger partial charge in [0.2, 0.25) is 29.4 Å². The molecule has 1 aliphatic heterocycles. The Labute approximate surface area is 334 Å². The van der Waals surface area contributed by atoms with Crippen LogP contribution in [0.2, 0.25) is 0 Å². The first-order valence-corrected chi connectivity index (χ1v) is 19.6. The largest absolute Gasteiger partial charge is 0.449 e. The molecule has 2 aromatic carbocycles. The fourth-order valence-electron chi connectivity index (χ4n) is 8.23. The number of piperidine rings is 1. The number of likely N-dealkylation sites (tertiary alicyclic amines) is 1. The van der Waals surface area contributed by atoms with E-state index in [1.807, 2.05) is 52.0 Å². The zero-order chi connectivity index (χ0) is 41.6. The van der Waals surface area contributed by atoms with Crippen molar-refractivity contribution in [1.29, 1.82) is 0 Å². The Morgan fingerprint density at radius 3 is 2.16 bits per heavy atom. The first kappa shape index (κ1) is 42.6. The van der Waals surface area contributed by atoms with Crippen molar-refractivity contribution in [3.63, 3.8) is 0 Å². The van der Waals surface area contributed by atoms with Crippen molar-refractivity contribution < 1.29 is 38.3 Å². The van der Waals surface area contributed by atoms with Gasteiger partial charge in [-0.3, -0.25) is 28.8 Å². The Hall–Kier alpha value is -5.53. The summed E-state index contributed by atoms with van der Waals surface area (Å²) in [4.78, 5) is 97.5. The van der Waals surface area contributed by atoms with E-state index in [1.54, 1.807) is 50.5 Å². The summed E-state index contributed by atoms with van der Waals surface area (Å²) >= 11 is 0. The molecule has 4 N–H and O–H groups in total. The van der Waals surface area contributed by atoms with Gasteiger partial charge >= 0.3 is 6.09 Å². The van der Waals surface area contributed by atoms with Crippen LogP contribution in [0.3, 0.4) is 0 Å². The average Bonchev–Trinajstić information content (AvgIpc) is 3.54. The van der Waals surface area contributed by atoms with Gasteiger partial charge in [0.25, 0.3) is 5.91 Å². The van der Waals surface area contributed by atoms with E-state index in [9.17, 15) is 33.6 Å². The summed E-state index contributed by atoms with van der Waals surface area (Å²) in [7, 11) is 3.12. The molecule has 1 heterocycles. The molecule has 0 bridgehead atoms. The van der Waals surface area contributed by atoms with Crippen LogP contribution in [0, 0.1) is 29.1 Å². The quantitative estimate of drug-likeness (QED) is 0.140. The van der Waals surface area contributed by atoms with Gasteiger partial charge in [0, 0.05) is 20.6 Å². The number of amides is 6. The predicted octanol–water partition coefficient (Wildman–Crippen LogP) is 2.72. The van der Waals surface area contributed by atoms with E-state index in [2.05, 4.69) is 27.8 Å². The second-order valence-corrected chi connectivity index (χ2v) is 16.6. The Kier molecular flexibility index (Phi) is 13.6. The minimum absolute atomic E-state index is 0.00902. The van der Waals surface area contributed by atoms with Crippen LogP contribution in [-0.2, 0) is 46.3 Å².